The summed E-state index contributed by atoms with van der Waals surface area (Å²) in [6.45, 7) is 5.30. The van der Waals surface area contributed by atoms with Gasteiger partial charge in [-0.1, -0.05) is 12.1 Å². The van der Waals surface area contributed by atoms with Gasteiger partial charge in [0, 0.05) is 22.2 Å². The van der Waals surface area contributed by atoms with Crippen LogP contribution in [0.5, 0.6) is 11.5 Å². The summed E-state index contributed by atoms with van der Waals surface area (Å²) in [6.07, 6.45) is -4.35. The van der Waals surface area contributed by atoms with Crippen LogP contribution >= 0.6 is 11.3 Å². The lowest BCUT2D eigenvalue weighted by atomic mass is 10.1. The van der Waals surface area contributed by atoms with E-state index in [0.717, 1.165) is 38.6 Å². The molecule has 0 unspecified atom stereocenters. The van der Waals surface area contributed by atoms with Crippen LogP contribution in [0.3, 0.4) is 0 Å². The van der Waals surface area contributed by atoms with E-state index in [2.05, 4.69) is 4.89 Å². The number of aryl methyl sites for hydroxylation is 2. The molecule has 0 saturated heterocycles. The number of rotatable bonds is 6. The number of ether oxygens (including phenoxy) is 1. The lowest BCUT2D eigenvalue weighted by molar-refractivity contribution is -0.211. The molecule has 0 amide bonds. The van der Waals surface area contributed by atoms with E-state index < -0.39 is 17.7 Å². The van der Waals surface area contributed by atoms with Crippen LogP contribution in [-0.2, 0) is 22.5 Å². The van der Waals surface area contributed by atoms with Gasteiger partial charge in [-0.05, 0) is 61.4 Å². The first-order chi connectivity index (χ1) is 14.1. The van der Waals surface area contributed by atoms with Crippen LogP contribution in [0.2, 0.25) is 0 Å². The summed E-state index contributed by atoms with van der Waals surface area (Å²) in [5.74, 6) is 0.479. The molecule has 0 spiro atoms. The van der Waals surface area contributed by atoms with Gasteiger partial charge < -0.3 is 4.74 Å². The molecule has 0 bridgehead atoms. The number of carbonyl (C=O) groups excluding carboxylic acids is 1. The average molecular weight is 436 g/mol. The normalized spacial score (nSPS) is 11.3. The first-order valence-electron chi connectivity index (χ1n) is 8.99. The van der Waals surface area contributed by atoms with E-state index in [1.807, 2.05) is 13.0 Å². The van der Waals surface area contributed by atoms with E-state index in [-0.39, 0.29) is 0 Å². The predicted molar refractivity (Wildman–Crippen MR) is 107 cm³/mol. The minimum atomic E-state index is -4.35. The summed E-state index contributed by atoms with van der Waals surface area (Å²) >= 11 is 1.48. The minimum Gasteiger partial charge on any atom is -0.488 e. The smallest absolute Gasteiger partial charge is 0.416 e. The second-order valence-electron chi connectivity index (χ2n) is 6.67. The molecule has 0 radical (unpaired) electrons. The molecule has 0 saturated carbocycles. The lowest BCUT2D eigenvalue weighted by Crippen LogP contribution is -2.04. The molecule has 158 valence electrons. The second-order valence-corrected chi connectivity index (χ2v) is 7.80. The van der Waals surface area contributed by atoms with Crippen molar-refractivity contribution in [1.82, 2.24) is 0 Å². The summed E-state index contributed by atoms with van der Waals surface area (Å²) in [7, 11) is 0. The highest BCUT2D eigenvalue weighted by atomic mass is 32.1. The number of thiophene rings is 1. The summed E-state index contributed by atoms with van der Waals surface area (Å²) in [4.78, 5) is 22.1. The van der Waals surface area contributed by atoms with Crippen molar-refractivity contribution in [3.63, 3.8) is 0 Å². The van der Waals surface area contributed by atoms with E-state index in [1.165, 1.54) is 30.4 Å². The lowest BCUT2D eigenvalue weighted by Gasteiger charge is -2.09. The largest absolute Gasteiger partial charge is 0.488 e. The Balaban J connectivity index is 1.68. The van der Waals surface area contributed by atoms with Crippen LogP contribution < -0.4 is 9.62 Å². The standard InChI is InChI=1S/C22H19F3O4S/c1-13-10-18(8-9-19(13)29-28-15(3)26)27-12-21-14(2)11-20(30-21)16-4-6-17(7-5-16)22(23,24)25/h4-11H,12H2,1-3H3. The molecule has 0 N–H and O–H groups in total. The van der Waals surface area contributed by atoms with Gasteiger partial charge in [-0.2, -0.15) is 13.2 Å². The molecule has 0 fully saturated rings. The highest BCUT2D eigenvalue weighted by molar-refractivity contribution is 7.15. The van der Waals surface area contributed by atoms with Crippen molar-refractivity contribution >= 4 is 17.3 Å². The molecule has 0 atom stereocenters. The number of benzene rings is 2. The molecule has 3 rings (SSSR count). The monoisotopic (exact) mass is 436 g/mol. The Morgan fingerprint density at radius 3 is 2.30 bits per heavy atom. The van der Waals surface area contributed by atoms with Crippen LogP contribution in [0.25, 0.3) is 10.4 Å². The molecule has 0 aliphatic heterocycles. The van der Waals surface area contributed by atoms with Gasteiger partial charge in [0.15, 0.2) is 5.75 Å². The molecule has 3 aromatic rings. The third kappa shape index (κ3) is 5.33. The van der Waals surface area contributed by atoms with Crippen molar-refractivity contribution < 1.29 is 32.5 Å². The number of halogens is 3. The van der Waals surface area contributed by atoms with E-state index >= 15 is 0 Å². The van der Waals surface area contributed by atoms with Crippen molar-refractivity contribution in [1.29, 1.82) is 0 Å². The SMILES string of the molecule is CC(=O)OOc1ccc(OCc2sc(-c3ccc(C(F)(F)F)cc3)cc2C)cc1C. The quantitative estimate of drug-likeness (QED) is 0.327. The fraction of sp³-hybridized carbons (Fsp3) is 0.227. The first-order valence-corrected chi connectivity index (χ1v) is 9.80. The number of hydrogen-bond donors (Lipinski definition) is 0. The third-order valence-electron chi connectivity index (χ3n) is 4.28. The van der Waals surface area contributed by atoms with E-state index in [9.17, 15) is 18.0 Å². The van der Waals surface area contributed by atoms with Gasteiger partial charge in [0.05, 0.1) is 5.56 Å². The van der Waals surface area contributed by atoms with Crippen LogP contribution in [0.15, 0.2) is 48.5 Å². The zero-order valence-electron chi connectivity index (χ0n) is 16.5. The highest BCUT2D eigenvalue weighted by Gasteiger charge is 2.30. The predicted octanol–water partition coefficient (Wildman–Crippen LogP) is 6.49. The second kappa shape index (κ2) is 8.79. The van der Waals surface area contributed by atoms with Gasteiger partial charge in [-0.3, -0.25) is 9.78 Å². The molecule has 8 heteroatoms. The molecular weight excluding hydrogens is 417 g/mol. The van der Waals surface area contributed by atoms with Crippen LogP contribution in [-0.4, -0.2) is 5.97 Å². The maximum Gasteiger partial charge on any atom is 0.416 e. The molecule has 1 heterocycles. The number of hydrogen-bond acceptors (Lipinski definition) is 5. The van der Waals surface area contributed by atoms with Crippen molar-refractivity contribution in [3.05, 3.63) is 70.1 Å². The first kappa shape index (κ1) is 21.7. The Morgan fingerprint density at radius 1 is 1.00 bits per heavy atom. The molecule has 0 aliphatic rings. The number of alkyl halides is 3. The summed E-state index contributed by atoms with van der Waals surface area (Å²) in [5, 5.41) is 0. The Hall–Kier alpha value is -3.00. The molecular formula is C22H19F3O4S. The van der Waals surface area contributed by atoms with Crippen molar-refractivity contribution in [2.45, 2.75) is 33.6 Å². The van der Waals surface area contributed by atoms with Crippen LogP contribution in [0, 0.1) is 13.8 Å². The van der Waals surface area contributed by atoms with Crippen LogP contribution in [0.1, 0.15) is 28.5 Å². The topological polar surface area (TPSA) is 44.8 Å². The molecule has 30 heavy (non-hydrogen) atoms. The van der Waals surface area contributed by atoms with Gasteiger partial charge in [-0.15, -0.1) is 11.3 Å². The van der Waals surface area contributed by atoms with Crippen molar-refractivity contribution in [2.24, 2.45) is 0 Å². The van der Waals surface area contributed by atoms with Gasteiger partial charge in [0.25, 0.3) is 0 Å². The maximum atomic E-state index is 12.7. The molecule has 4 nitrogen and oxygen atoms in total. The number of carbonyl (C=O) groups is 1. The maximum absolute atomic E-state index is 12.7. The summed E-state index contributed by atoms with van der Waals surface area (Å²) in [5.41, 5.74) is 1.80. The Kier molecular flexibility index (Phi) is 6.36. The zero-order chi connectivity index (χ0) is 21.9. The van der Waals surface area contributed by atoms with Gasteiger partial charge in [0.1, 0.15) is 12.4 Å². The van der Waals surface area contributed by atoms with Gasteiger partial charge in [-0.25, -0.2) is 4.79 Å². The minimum absolute atomic E-state index is 0.320. The van der Waals surface area contributed by atoms with E-state index in [0.29, 0.717) is 18.1 Å². The fourth-order valence-corrected chi connectivity index (χ4v) is 3.78. The van der Waals surface area contributed by atoms with Crippen molar-refractivity contribution in [2.75, 3.05) is 0 Å². The van der Waals surface area contributed by atoms with Gasteiger partial charge in [0.2, 0.25) is 0 Å². The highest BCUT2D eigenvalue weighted by Crippen LogP contribution is 2.35. The molecule has 0 aliphatic carbocycles. The van der Waals surface area contributed by atoms with Crippen molar-refractivity contribution in [3.8, 4) is 21.9 Å². The third-order valence-corrected chi connectivity index (χ3v) is 5.54. The summed E-state index contributed by atoms with van der Waals surface area (Å²) < 4.78 is 44.1. The van der Waals surface area contributed by atoms with Gasteiger partial charge >= 0.3 is 12.1 Å². The molecule has 2 aromatic carbocycles. The fourth-order valence-electron chi connectivity index (χ4n) is 2.69. The average Bonchev–Trinajstić information content (AvgIpc) is 3.05. The van der Waals surface area contributed by atoms with E-state index in [1.54, 1.807) is 25.1 Å². The van der Waals surface area contributed by atoms with Crippen LogP contribution in [0.4, 0.5) is 13.2 Å². The Labute approximate surface area is 175 Å². The Bertz CT molecular complexity index is 1040. The molecule has 1 aromatic heterocycles. The zero-order valence-corrected chi connectivity index (χ0v) is 17.3. The Morgan fingerprint density at radius 2 is 1.70 bits per heavy atom. The summed E-state index contributed by atoms with van der Waals surface area (Å²) in [6, 6.07) is 12.2. The van der Waals surface area contributed by atoms with E-state index in [4.69, 9.17) is 9.62 Å².